The maximum absolute atomic E-state index is 6.24. The summed E-state index contributed by atoms with van der Waals surface area (Å²) in [5.74, 6) is 0.863. The van der Waals surface area contributed by atoms with Crippen molar-refractivity contribution in [2.24, 2.45) is 0 Å². The van der Waals surface area contributed by atoms with Crippen LogP contribution in [0.2, 0.25) is 0 Å². The second-order valence-corrected chi connectivity index (χ2v) is 9.12. The fourth-order valence-corrected chi connectivity index (χ4v) is 5.66. The van der Waals surface area contributed by atoms with Gasteiger partial charge in [0.05, 0.1) is 7.11 Å². The average Bonchev–Trinajstić information content (AvgIpc) is 3.44. The van der Waals surface area contributed by atoms with Crippen molar-refractivity contribution in [3.63, 3.8) is 0 Å². The van der Waals surface area contributed by atoms with Crippen molar-refractivity contribution in [2.75, 3.05) is 7.11 Å². The molecule has 0 aliphatic heterocycles. The predicted molar refractivity (Wildman–Crippen MR) is 136 cm³/mol. The molecule has 0 radical (unpaired) electrons. The van der Waals surface area contributed by atoms with Gasteiger partial charge >= 0.3 is 0 Å². The molecule has 7 rings (SSSR count). The van der Waals surface area contributed by atoms with Crippen molar-refractivity contribution in [3.05, 3.63) is 90.3 Å². The number of methoxy groups -OCH3 is 1. The summed E-state index contributed by atoms with van der Waals surface area (Å²) >= 11 is 1.78. The van der Waals surface area contributed by atoms with Crippen LogP contribution in [0.15, 0.2) is 94.7 Å². The molecule has 0 fully saturated rings. The Bertz CT molecular complexity index is 1800. The quantitative estimate of drug-likeness (QED) is 0.256. The molecule has 0 amide bonds. The standard InChI is InChI=1S/C29H18O2S/c1-30-20-8-6-17(7-9-20)22-13-19-14-29-18(10-11-32-29)12-23(19)25-16-28-26(15-24(22)25)21-4-2-3-5-27(21)31-28/h2-16H,1H3. The minimum absolute atomic E-state index is 0.863. The second kappa shape index (κ2) is 6.59. The Hall–Kier alpha value is -3.82. The lowest BCUT2D eigenvalue weighted by Crippen LogP contribution is -1.87. The Kier molecular flexibility index (Phi) is 3.67. The molecule has 5 aromatic carbocycles. The van der Waals surface area contributed by atoms with Crippen molar-refractivity contribution in [1.29, 1.82) is 0 Å². The summed E-state index contributed by atoms with van der Waals surface area (Å²) in [4.78, 5) is 0. The van der Waals surface area contributed by atoms with Gasteiger partial charge in [-0.2, -0.15) is 0 Å². The maximum atomic E-state index is 6.24. The van der Waals surface area contributed by atoms with Crippen LogP contribution in [0.5, 0.6) is 5.75 Å². The molecule has 0 N–H and O–H groups in total. The van der Waals surface area contributed by atoms with E-state index in [1.54, 1.807) is 18.4 Å². The number of hydrogen-bond acceptors (Lipinski definition) is 3. The molecule has 2 aromatic heterocycles. The van der Waals surface area contributed by atoms with Crippen molar-refractivity contribution in [1.82, 2.24) is 0 Å². The Morgan fingerprint density at radius 1 is 0.656 bits per heavy atom. The highest BCUT2D eigenvalue weighted by Crippen LogP contribution is 2.41. The number of rotatable bonds is 2. The van der Waals surface area contributed by atoms with E-state index in [1.165, 1.54) is 42.8 Å². The summed E-state index contributed by atoms with van der Waals surface area (Å²) < 4.78 is 12.9. The zero-order chi connectivity index (χ0) is 21.2. The van der Waals surface area contributed by atoms with Gasteiger partial charge in [0.1, 0.15) is 16.9 Å². The van der Waals surface area contributed by atoms with Crippen molar-refractivity contribution in [2.45, 2.75) is 0 Å². The number of hydrogen-bond donors (Lipinski definition) is 0. The van der Waals surface area contributed by atoms with E-state index in [0.717, 1.165) is 27.7 Å². The maximum Gasteiger partial charge on any atom is 0.136 e. The Morgan fingerprint density at radius 3 is 2.41 bits per heavy atom. The molecule has 0 saturated heterocycles. The third-order valence-corrected chi connectivity index (χ3v) is 7.30. The van der Waals surface area contributed by atoms with Gasteiger partial charge in [-0.25, -0.2) is 0 Å². The summed E-state index contributed by atoms with van der Waals surface area (Å²) in [5.41, 5.74) is 4.25. The molecule has 0 aliphatic rings. The highest BCUT2D eigenvalue weighted by atomic mass is 32.1. The molecule has 7 aromatic rings. The normalized spacial score (nSPS) is 11.9. The molecule has 0 unspecified atom stereocenters. The van der Waals surface area contributed by atoms with Crippen LogP contribution < -0.4 is 4.74 Å². The molecule has 0 saturated carbocycles. The molecule has 2 nitrogen and oxygen atoms in total. The van der Waals surface area contributed by atoms with Gasteiger partial charge in [0, 0.05) is 15.5 Å². The summed E-state index contributed by atoms with van der Waals surface area (Å²) in [6.45, 7) is 0. The zero-order valence-electron chi connectivity index (χ0n) is 17.4. The fourth-order valence-electron chi connectivity index (χ4n) is 4.84. The van der Waals surface area contributed by atoms with Crippen LogP contribution in [0.3, 0.4) is 0 Å². The topological polar surface area (TPSA) is 22.4 Å². The van der Waals surface area contributed by atoms with E-state index in [9.17, 15) is 0 Å². The molecule has 0 spiro atoms. The Morgan fingerprint density at radius 2 is 1.53 bits per heavy atom. The van der Waals surface area contributed by atoms with Crippen LogP contribution in [0, 0.1) is 0 Å². The summed E-state index contributed by atoms with van der Waals surface area (Å²) in [6, 6.07) is 30.3. The Labute approximate surface area is 188 Å². The fraction of sp³-hybridized carbons (Fsp3) is 0.0345. The molecular weight excluding hydrogens is 412 g/mol. The lowest BCUT2D eigenvalue weighted by molar-refractivity contribution is 0.415. The van der Waals surface area contributed by atoms with Crippen molar-refractivity contribution < 1.29 is 9.15 Å². The first-order valence-electron chi connectivity index (χ1n) is 10.6. The molecule has 0 bridgehead atoms. The minimum atomic E-state index is 0.863. The zero-order valence-corrected chi connectivity index (χ0v) is 18.2. The van der Waals surface area contributed by atoms with E-state index in [0.29, 0.717) is 0 Å². The second-order valence-electron chi connectivity index (χ2n) is 8.18. The lowest BCUT2D eigenvalue weighted by Gasteiger charge is -2.12. The van der Waals surface area contributed by atoms with Gasteiger partial charge in [0.2, 0.25) is 0 Å². The van der Waals surface area contributed by atoms with E-state index in [4.69, 9.17) is 9.15 Å². The van der Waals surface area contributed by atoms with Gasteiger partial charge in [0.25, 0.3) is 0 Å². The highest BCUT2D eigenvalue weighted by molar-refractivity contribution is 7.17. The smallest absolute Gasteiger partial charge is 0.136 e. The van der Waals surface area contributed by atoms with Crippen molar-refractivity contribution >= 4 is 64.9 Å². The van der Waals surface area contributed by atoms with Crippen LogP contribution in [0.1, 0.15) is 0 Å². The van der Waals surface area contributed by atoms with E-state index in [-0.39, 0.29) is 0 Å². The largest absolute Gasteiger partial charge is 0.497 e. The minimum Gasteiger partial charge on any atom is -0.497 e. The number of ether oxygens (including phenoxy) is 1. The SMILES string of the molecule is COc1ccc(-c2cc3cc4sccc4cc3c3cc4oc5ccccc5c4cc23)cc1. The third-order valence-electron chi connectivity index (χ3n) is 6.42. The molecule has 32 heavy (non-hydrogen) atoms. The molecule has 152 valence electrons. The molecule has 2 heterocycles. The van der Waals surface area contributed by atoms with Crippen molar-refractivity contribution in [3.8, 4) is 16.9 Å². The predicted octanol–water partition coefficient (Wildman–Crippen LogP) is 8.78. The first-order valence-corrected chi connectivity index (χ1v) is 11.5. The summed E-state index contributed by atoms with van der Waals surface area (Å²) in [7, 11) is 1.70. The average molecular weight is 431 g/mol. The number of para-hydroxylation sites is 1. The summed E-state index contributed by atoms with van der Waals surface area (Å²) in [5, 5.41) is 10.7. The third kappa shape index (κ3) is 2.52. The molecular formula is C29H18O2S. The van der Waals surface area contributed by atoms with Gasteiger partial charge in [0.15, 0.2) is 0 Å². The van der Waals surface area contributed by atoms with E-state index >= 15 is 0 Å². The molecule has 3 heteroatoms. The van der Waals surface area contributed by atoms with Crippen LogP contribution in [-0.2, 0) is 0 Å². The number of fused-ring (bicyclic) bond motifs is 7. The van der Waals surface area contributed by atoms with Crippen LogP contribution in [-0.4, -0.2) is 7.11 Å². The monoisotopic (exact) mass is 430 g/mol. The van der Waals surface area contributed by atoms with Gasteiger partial charge in [-0.3, -0.25) is 0 Å². The number of furan rings is 1. The lowest BCUT2D eigenvalue weighted by atomic mass is 9.91. The molecule has 0 atom stereocenters. The highest BCUT2D eigenvalue weighted by Gasteiger charge is 2.15. The van der Waals surface area contributed by atoms with Gasteiger partial charge in [-0.05, 0) is 98.0 Å². The van der Waals surface area contributed by atoms with Crippen LogP contribution in [0.4, 0.5) is 0 Å². The Balaban J connectivity index is 1.66. The first-order chi connectivity index (χ1) is 15.8. The van der Waals surface area contributed by atoms with Crippen LogP contribution >= 0.6 is 11.3 Å². The first kappa shape index (κ1) is 17.8. The summed E-state index contributed by atoms with van der Waals surface area (Å²) in [6.07, 6.45) is 0. The van der Waals surface area contributed by atoms with Gasteiger partial charge in [-0.15, -0.1) is 11.3 Å². The van der Waals surface area contributed by atoms with E-state index in [1.807, 2.05) is 24.3 Å². The van der Waals surface area contributed by atoms with Gasteiger partial charge < -0.3 is 9.15 Å². The van der Waals surface area contributed by atoms with Gasteiger partial charge in [-0.1, -0.05) is 30.3 Å². The molecule has 0 aliphatic carbocycles. The number of thiophene rings is 1. The van der Waals surface area contributed by atoms with E-state index in [2.05, 4.69) is 66.0 Å². The van der Waals surface area contributed by atoms with Crippen LogP contribution in [0.25, 0.3) is 64.7 Å². The van der Waals surface area contributed by atoms with E-state index < -0.39 is 0 Å². The number of benzene rings is 5.